The first-order chi connectivity index (χ1) is 9.06. The van der Waals surface area contributed by atoms with Crippen LogP contribution in [0.15, 0.2) is 0 Å². The molecule has 0 saturated heterocycles. The van der Waals surface area contributed by atoms with Crippen LogP contribution in [0.1, 0.15) is 6.92 Å². The molecule has 0 aromatic rings. The first-order valence-corrected chi connectivity index (χ1v) is 5.62. The number of aliphatic carboxylic acids is 1. The molecule has 0 bridgehead atoms. The van der Waals surface area contributed by atoms with Crippen LogP contribution in [0.3, 0.4) is 0 Å². The van der Waals surface area contributed by atoms with Crippen molar-refractivity contribution in [3.8, 4) is 0 Å². The van der Waals surface area contributed by atoms with Crippen molar-refractivity contribution in [1.82, 2.24) is 15.1 Å². The molecule has 0 aliphatic heterocycles. The second-order valence-corrected chi connectivity index (χ2v) is 3.96. The predicted octanol–water partition coefficient (Wildman–Crippen LogP) is 0.123. The van der Waals surface area contributed by atoms with Crippen molar-refractivity contribution in [1.29, 1.82) is 0 Å². The monoisotopic (exact) mass is 299 g/mol. The molecule has 10 heteroatoms. The molecule has 0 aromatic carbocycles. The van der Waals surface area contributed by atoms with Gasteiger partial charge in [-0.1, -0.05) is 0 Å². The number of urea groups is 1. The number of likely N-dealkylation sites (N-methyl/N-ethyl adjacent to an activating group) is 2. The Balaban J connectivity index is 4.75. The maximum absolute atomic E-state index is 12.3. The maximum atomic E-state index is 12.3. The third-order valence-corrected chi connectivity index (χ3v) is 2.05. The molecule has 0 unspecified atom stereocenters. The Bertz CT molecular complexity index is 373. The molecule has 0 atom stereocenters. The van der Waals surface area contributed by atoms with E-state index in [1.807, 2.05) is 0 Å². The largest absolute Gasteiger partial charge is 0.480 e. The molecule has 0 heterocycles. The second kappa shape index (κ2) is 7.56. The number of hydrogen-bond acceptors (Lipinski definition) is 3. The highest BCUT2D eigenvalue weighted by atomic mass is 19.4. The number of rotatable bonds is 6. The summed E-state index contributed by atoms with van der Waals surface area (Å²) in [6, 6.07) is -1.18. The average molecular weight is 299 g/mol. The van der Waals surface area contributed by atoms with Gasteiger partial charge in [0.05, 0.1) is 0 Å². The summed E-state index contributed by atoms with van der Waals surface area (Å²) >= 11 is 0. The molecule has 0 fully saturated rings. The Morgan fingerprint density at radius 2 is 1.75 bits per heavy atom. The number of carboxylic acids is 1. The van der Waals surface area contributed by atoms with Gasteiger partial charge >= 0.3 is 18.2 Å². The third-order valence-electron chi connectivity index (χ3n) is 2.05. The van der Waals surface area contributed by atoms with Crippen LogP contribution in [0.25, 0.3) is 0 Å². The smallest absolute Gasteiger partial charge is 0.406 e. The van der Waals surface area contributed by atoms with E-state index in [1.54, 1.807) is 6.92 Å². The summed E-state index contributed by atoms with van der Waals surface area (Å²) in [4.78, 5) is 34.3. The van der Waals surface area contributed by atoms with E-state index in [9.17, 15) is 27.6 Å². The van der Waals surface area contributed by atoms with E-state index in [4.69, 9.17) is 5.11 Å². The number of nitrogens with one attached hydrogen (secondary N) is 1. The normalized spacial score (nSPS) is 10.8. The van der Waals surface area contributed by atoms with E-state index < -0.39 is 43.7 Å². The molecule has 3 amide bonds. The predicted molar refractivity (Wildman–Crippen MR) is 62.0 cm³/mol. The van der Waals surface area contributed by atoms with Crippen LogP contribution >= 0.6 is 0 Å². The molecule has 7 nitrogen and oxygen atoms in total. The van der Waals surface area contributed by atoms with Gasteiger partial charge in [-0.25, -0.2) is 4.79 Å². The number of hydrogen-bond donors (Lipinski definition) is 2. The molecular formula is C10H16F3N3O4. The van der Waals surface area contributed by atoms with Crippen LogP contribution < -0.4 is 5.32 Å². The lowest BCUT2D eigenvalue weighted by molar-refractivity contribution is -0.149. The zero-order valence-corrected chi connectivity index (χ0v) is 11.0. The van der Waals surface area contributed by atoms with E-state index in [-0.39, 0.29) is 4.90 Å². The zero-order valence-electron chi connectivity index (χ0n) is 11.0. The Morgan fingerprint density at radius 3 is 2.15 bits per heavy atom. The summed E-state index contributed by atoms with van der Waals surface area (Å²) in [5.74, 6) is -2.13. The number of amides is 3. The second-order valence-electron chi connectivity index (χ2n) is 3.96. The molecule has 0 aromatic heterocycles. The number of carbonyl (C=O) groups is 3. The van der Waals surface area contributed by atoms with Crippen molar-refractivity contribution in [2.75, 3.05) is 33.2 Å². The molecule has 2 N–H and O–H groups in total. The van der Waals surface area contributed by atoms with Crippen LogP contribution in [-0.4, -0.2) is 72.2 Å². The van der Waals surface area contributed by atoms with E-state index >= 15 is 0 Å². The fourth-order valence-corrected chi connectivity index (χ4v) is 1.35. The summed E-state index contributed by atoms with van der Waals surface area (Å²) in [5.41, 5.74) is 0. The van der Waals surface area contributed by atoms with Crippen LogP contribution in [-0.2, 0) is 9.59 Å². The summed E-state index contributed by atoms with van der Waals surface area (Å²) in [6.07, 6.45) is -4.72. The van der Waals surface area contributed by atoms with Gasteiger partial charge in [-0.05, 0) is 6.92 Å². The number of nitrogens with zero attached hydrogens (tertiary/aromatic N) is 2. The van der Waals surface area contributed by atoms with Crippen molar-refractivity contribution in [3.63, 3.8) is 0 Å². The summed E-state index contributed by atoms with van der Waals surface area (Å²) in [6.45, 7) is -1.31. The number of carboxylic acid groups (broad SMARTS) is 1. The van der Waals surface area contributed by atoms with E-state index in [0.29, 0.717) is 6.54 Å². The third kappa shape index (κ3) is 7.44. The van der Waals surface area contributed by atoms with Gasteiger partial charge in [-0.15, -0.1) is 0 Å². The molecule has 20 heavy (non-hydrogen) atoms. The van der Waals surface area contributed by atoms with Crippen LogP contribution in [0.4, 0.5) is 18.0 Å². The van der Waals surface area contributed by atoms with Gasteiger partial charge in [0.1, 0.15) is 19.6 Å². The van der Waals surface area contributed by atoms with Gasteiger partial charge in [-0.3, -0.25) is 9.59 Å². The van der Waals surface area contributed by atoms with Crippen molar-refractivity contribution in [2.24, 2.45) is 0 Å². The molecule has 0 rings (SSSR count). The summed E-state index contributed by atoms with van der Waals surface area (Å²) in [5, 5.41) is 10.9. The first kappa shape index (κ1) is 18.0. The van der Waals surface area contributed by atoms with E-state index in [2.05, 4.69) is 5.32 Å². The van der Waals surface area contributed by atoms with Gasteiger partial charge < -0.3 is 20.2 Å². The van der Waals surface area contributed by atoms with Crippen LogP contribution in [0, 0.1) is 0 Å². The van der Waals surface area contributed by atoms with Crippen molar-refractivity contribution in [2.45, 2.75) is 13.1 Å². The number of carbonyl (C=O) groups excluding carboxylic acids is 2. The fraction of sp³-hybridized carbons (Fsp3) is 0.700. The first-order valence-electron chi connectivity index (χ1n) is 5.62. The standard InChI is InChI=1S/C10H16F3N3O4/c1-3-14-7(17)4-15(2)9(20)16(5-8(18)19)6-10(11,12)13/h3-6H2,1-2H3,(H,14,17)(H,18,19). The van der Waals surface area contributed by atoms with Gasteiger partial charge in [0.2, 0.25) is 5.91 Å². The molecule has 0 saturated carbocycles. The highest BCUT2D eigenvalue weighted by molar-refractivity contribution is 5.85. The minimum absolute atomic E-state index is 0.113. The molecule has 116 valence electrons. The number of halogens is 3. The Hall–Kier alpha value is -2.00. The summed E-state index contributed by atoms with van der Waals surface area (Å²) < 4.78 is 36.8. The van der Waals surface area contributed by atoms with Crippen molar-refractivity contribution >= 4 is 17.9 Å². The van der Waals surface area contributed by atoms with Crippen LogP contribution in [0.2, 0.25) is 0 Å². The average Bonchev–Trinajstić information content (AvgIpc) is 2.24. The Labute approximate surface area is 113 Å². The van der Waals surface area contributed by atoms with Gasteiger partial charge in [0.25, 0.3) is 0 Å². The lowest BCUT2D eigenvalue weighted by Gasteiger charge is -2.27. The van der Waals surface area contributed by atoms with E-state index in [0.717, 1.165) is 11.9 Å². The highest BCUT2D eigenvalue weighted by Crippen LogP contribution is 2.17. The molecule has 0 aliphatic carbocycles. The minimum atomic E-state index is -4.72. The van der Waals surface area contributed by atoms with Gasteiger partial charge in [-0.2, -0.15) is 13.2 Å². The lowest BCUT2D eigenvalue weighted by Crippen LogP contribution is -2.49. The van der Waals surface area contributed by atoms with E-state index in [1.165, 1.54) is 0 Å². The van der Waals surface area contributed by atoms with Crippen LogP contribution in [0.5, 0.6) is 0 Å². The SMILES string of the molecule is CCNC(=O)CN(C)C(=O)N(CC(=O)O)CC(F)(F)F. The number of alkyl halides is 3. The highest BCUT2D eigenvalue weighted by Gasteiger charge is 2.35. The summed E-state index contributed by atoms with van der Waals surface area (Å²) in [7, 11) is 1.11. The lowest BCUT2D eigenvalue weighted by atomic mass is 10.4. The fourth-order valence-electron chi connectivity index (χ4n) is 1.35. The Kier molecular flexibility index (Phi) is 6.80. The molecule has 0 aliphatic rings. The van der Waals surface area contributed by atoms with Crippen molar-refractivity contribution < 1.29 is 32.7 Å². The van der Waals surface area contributed by atoms with Gasteiger partial charge in [0.15, 0.2) is 0 Å². The molecular weight excluding hydrogens is 283 g/mol. The topological polar surface area (TPSA) is 90.0 Å². The molecule has 0 radical (unpaired) electrons. The minimum Gasteiger partial charge on any atom is -0.480 e. The van der Waals surface area contributed by atoms with Crippen molar-refractivity contribution in [3.05, 3.63) is 0 Å². The Morgan fingerprint density at radius 1 is 1.20 bits per heavy atom. The quantitative estimate of drug-likeness (QED) is 0.729. The molecule has 0 spiro atoms. The van der Waals surface area contributed by atoms with Gasteiger partial charge in [0, 0.05) is 13.6 Å². The maximum Gasteiger partial charge on any atom is 0.406 e. The zero-order chi connectivity index (χ0) is 15.9.